The van der Waals surface area contributed by atoms with Crippen molar-refractivity contribution in [3.8, 4) is 0 Å². The molecule has 8 aliphatic rings. The minimum atomic E-state index is -0.0921. The van der Waals surface area contributed by atoms with Crippen LogP contribution < -0.4 is 0 Å². The third-order valence-corrected chi connectivity index (χ3v) is 8.61. The molecule has 4 saturated carbocycles. The molecule has 22 heavy (non-hydrogen) atoms. The van der Waals surface area contributed by atoms with E-state index in [0.717, 1.165) is 49.9 Å². The number of carbonyl (C=O) groups is 1. The van der Waals surface area contributed by atoms with Gasteiger partial charge < -0.3 is 0 Å². The average Bonchev–Trinajstić information content (AvgIpc) is 2.42. The van der Waals surface area contributed by atoms with Crippen LogP contribution >= 0.6 is 0 Å². The Morgan fingerprint density at radius 1 is 0.773 bits per heavy atom. The van der Waals surface area contributed by atoms with Gasteiger partial charge in [0.05, 0.1) is 16.5 Å². The number of hydrogen-bond acceptors (Lipinski definition) is 3. The minimum absolute atomic E-state index is 0.0921. The van der Waals surface area contributed by atoms with Crippen LogP contribution in [0.1, 0.15) is 46.0 Å². The number of carbonyl (C=O) groups excluding carboxylic acids is 1. The van der Waals surface area contributed by atoms with Crippen molar-refractivity contribution in [3.05, 3.63) is 0 Å². The van der Waals surface area contributed by atoms with Gasteiger partial charge >= 0.3 is 0 Å². The Kier molecular flexibility index (Phi) is 2.05. The average molecular weight is 300 g/mol. The number of Topliss-reactive ketones (excluding diaryl/α,β-unsaturated/α-hetero) is 1. The Bertz CT molecular complexity index is 512. The van der Waals surface area contributed by atoms with E-state index in [2.05, 4.69) is 23.6 Å². The second-order valence-electron chi connectivity index (χ2n) is 10.3. The van der Waals surface area contributed by atoms with E-state index in [1.165, 1.54) is 32.1 Å². The summed E-state index contributed by atoms with van der Waals surface area (Å²) in [4.78, 5) is 18.6. The maximum absolute atomic E-state index is 12.9. The van der Waals surface area contributed by atoms with Crippen molar-refractivity contribution in [2.45, 2.75) is 51.6 Å². The highest BCUT2D eigenvalue weighted by molar-refractivity contribution is 5.92. The lowest BCUT2D eigenvalue weighted by Gasteiger charge is -2.77. The largest absolute Gasteiger partial charge is 0.298 e. The van der Waals surface area contributed by atoms with Gasteiger partial charge in [-0.3, -0.25) is 14.6 Å². The molecular formula is C19H28N2O. The van der Waals surface area contributed by atoms with E-state index in [4.69, 9.17) is 0 Å². The van der Waals surface area contributed by atoms with Crippen LogP contribution in [-0.2, 0) is 4.79 Å². The fourth-order valence-electron chi connectivity index (χ4n) is 8.53. The Labute approximate surface area is 133 Å². The molecule has 0 radical (unpaired) electrons. The molecule has 4 saturated heterocycles. The van der Waals surface area contributed by atoms with Crippen molar-refractivity contribution in [1.82, 2.24) is 9.80 Å². The van der Waals surface area contributed by atoms with E-state index >= 15 is 0 Å². The highest BCUT2D eigenvalue weighted by Gasteiger charge is 2.72. The quantitative estimate of drug-likeness (QED) is 0.686. The molecule has 1 spiro atoms. The molecule has 8 bridgehead atoms. The number of rotatable bonds is 0. The molecule has 0 N–H and O–H groups in total. The van der Waals surface area contributed by atoms with Gasteiger partial charge in [-0.1, -0.05) is 13.8 Å². The molecule has 0 unspecified atom stereocenters. The van der Waals surface area contributed by atoms with Gasteiger partial charge in [-0.15, -0.1) is 0 Å². The van der Waals surface area contributed by atoms with Crippen LogP contribution in [-0.4, -0.2) is 47.4 Å². The molecule has 4 aliphatic carbocycles. The summed E-state index contributed by atoms with van der Waals surface area (Å²) in [6, 6.07) is 0. The van der Waals surface area contributed by atoms with Gasteiger partial charge in [-0.05, 0) is 55.8 Å². The number of ketones is 1. The smallest absolute Gasteiger partial charge is 0.149 e. The van der Waals surface area contributed by atoms with Crippen molar-refractivity contribution in [2.24, 2.45) is 34.5 Å². The summed E-state index contributed by atoms with van der Waals surface area (Å²) in [6.45, 7) is 8.66. The van der Waals surface area contributed by atoms with Gasteiger partial charge in [0.2, 0.25) is 0 Å². The van der Waals surface area contributed by atoms with Crippen molar-refractivity contribution < 1.29 is 4.79 Å². The van der Waals surface area contributed by atoms with Gasteiger partial charge in [0.1, 0.15) is 5.78 Å². The zero-order chi connectivity index (χ0) is 14.9. The van der Waals surface area contributed by atoms with Crippen LogP contribution in [0.5, 0.6) is 0 Å². The Hall–Kier alpha value is -0.410. The summed E-state index contributed by atoms with van der Waals surface area (Å²) in [6.07, 6.45) is 7.42. The number of piperidine rings is 2. The fourth-order valence-corrected chi connectivity index (χ4v) is 8.53. The topological polar surface area (TPSA) is 23.6 Å². The molecule has 8 rings (SSSR count). The van der Waals surface area contributed by atoms with E-state index in [9.17, 15) is 4.79 Å². The summed E-state index contributed by atoms with van der Waals surface area (Å²) in [7, 11) is 0. The first-order valence-corrected chi connectivity index (χ1v) is 9.49. The molecule has 8 fully saturated rings. The van der Waals surface area contributed by atoms with Crippen LogP contribution in [0.4, 0.5) is 0 Å². The Morgan fingerprint density at radius 3 is 1.59 bits per heavy atom. The van der Waals surface area contributed by atoms with Gasteiger partial charge in [0, 0.05) is 26.2 Å². The molecule has 3 nitrogen and oxygen atoms in total. The predicted molar refractivity (Wildman–Crippen MR) is 84.1 cm³/mol. The van der Waals surface area contributed by atoms with Gasteiger partial charge in [0.15, 0.2) is 0 Å². The van der Waals surface area contributed by atoms with Crippen LogP contribution in [0.15, 0.2) is 0 Å². The SMILES string of the molecule is CC12CN3CC(C)(CN(C1)C31C3CC4CC(C3)CC1C4)C2=O. The molecule has 4 aliphatic heterocycles. The highest BCUT2D eigenvalue weighted by atomic mass is 16.1. The zero-order valence-corrected chi connectivity index (χ0v) is 14.0. The van der Waals surface area contributed by atoms with Crippen LogP contribution in [0.2, 0.25) is 0 Å². The fraction of sp³-hybridized carbons (Fsp3) is 0.947. The minimum Gasteiger partial charge on any atom is -0.298 e. The molecule has 0 aromatic heterocycles. The third-order valence-electron chi connectivity index (χ3n) is 8.61. The molecular weight excluding hydrogens is 272 g/mol. The lowest BCUT2D eigenvalue weighted by molar-refractivity contribution is -0.296. The number of nitrogens with zero attached hydrogens (tertiary/aromatic N) is 2. The van der Waals surface area contributed by atoms with E-state index in [1.807, 2.05) is 0 Å². The number of hydrogen-bond donors (Lipinski definition) is 0. The molecule has 0 aromatic carbocycles. The summed E-state index contributed by atoms with van der Waals surface area (Å²) in [5, 5.41) is 0. The first-order chi connectivity index (χ1) is 10.4. The van der Waals surface area contributed by atoms with Crippen molar-refractivity contribution in [1.29, 1.82) is 0 Å². The normalized spacial score (nSPS) is 67.5. The summed E-state index contributed by atoms with van der Waals surface area (Å²) >= 11 is 0. The second-order valence-corrected chi connectivity index (χ2v) is 10.3. The lowest BCUT2D eigenvalue weighted by Crippen LogP contribution is -2.87. The lowest BCUT2D eigenvalue weighted by atomic mass is 9.47. The summed E-state index contributed by atoms with van der Waals surface area (Å²) < 4.78 is 0. The summed E-state index contributed by atoms with van der Waals surface area (Å²) in [5.74, 6) is 4.41. The van der Waals surface area contributed by atoms with Crippen molar-refractivity contribution in [2.75, 3.05) is 26.2 Å². The van der Waals surface area contributed by atoms with Crippen molar-refractivity contribution >= 4 is 5.78 Å². The molecule has 0 amide bonds. The maximum atomic E-state index is 12.9. The van der Waals surface area contributed by atoms with E-state index < -0.39 is 0 Å². The second kappa shape index (κ2) is 3.49. The van der Waals surface area contributed by atoms with Crippen LogP contribution in [0.25, 0.3) is 0 Å². The van der Waals surface area contributed by atoms with E-state index in [1.54, 1.807) is 0 Å². The molecule has 120 valence electrons. The first-order valence-electron chi connectivity index (χ1n) is 9.49. The molecule has 4 heterocycles. The molecule has 3 heteroatoms. The monoisotopic (exact) mass is 300 g/mol. The van der Waals surface area contributed by atoms with Gasteiger partial charge in [-0.25, -0.2) is 0 Å². The molecule has 0 atom stereocenters. The summed E-state index contributed by atoms with van der Waals surface area (Å²) in [5.41, 5.74) is 0.170. The van der Waals surface area contributed by atoms with Gasteiger partial charge in [-0.2, -0.15) is 0 Å². The Balaban J connectivity index is 1.49. The van der Waals surface area contributed by atoms with E-state index in [0.29, 0.717) is 11.4 Å². The maximum Gasteiger partial charge on any atom is 0.149 e. The molecule has 0 aromatic rings. The van der Waals surface area contributed by atoms with Crippen LogP contribution in [0, 0.1) is 34.5 Å². The first kappa shape index (κ1) is 12.9. The third kappa shape index (κ3) is 1.18. The van der Waals surface area contributed by atoms with Crippen molar-refractivity contribution in [3.63, 3.8) is 0 Å². The highest BCUT2D eigenvalue weighted by Crippen LogP contribution is 2.66. The predicted octanol–water partition coefficient (Wildman–Crippen LogP) is 2.37. The van der Waals surface area contributed by atoms with Crippen LogP contribution in [0.3, 0.4) is 0 Å². The van der Waals surface area contributed by atoms with Gasteiger partial charge in [0.25, 0.3) is 0 Å². The Morgan fingerprint density at radius 2 is 1.18 bits per heavy atom. The standard InChI is InChI=1S/C19H28N2O/c1-17-8-20-10-18(2,16(17)22)11-21(9-17)19(20)14-4-12-3-13(6-14)7-15(19)5-12/h12-15H,3-11H2,1-2H3. The zero-order valence-electron chi connectivity index (χ0n) is 14.0. The van der Waals surface area contributed by atoms with E-state index in [-0.39, 0.29) is 10.8 Å².